The molecule has 1 aromatic heterocycles. The first kappa shape index (κ1) is 20.5. The van der Waals surface area contributed by atoms with Gasteiger partial charge in [0.2, 0.25) is 5.88 Å². The molecule has 6 heteroatoms. The van der Waals surface area contributed by atoms with Crippen LogP contribution >= 0.6 is 0 Å². The standard InChI is InChI=1S/C21H26N2O4/c1-5-9-18(26-13-16-10-7-6-8-11-16)15(3)27-20-14(2)12-17(22)19(23-20)21(24)25-4/h5-8,10-12,15,18H,1,9,13,22H2,2-4H3/t15-,18?/m1/s1. The Morgan fingerprint density at radius 2 is 2.04 bits per heavy atom. The molecule has 0 aliphatic heterocycles. The zero-order chi connectivity index (χ0) is 19.8. The van der Waals surface area contributed by atoms with Crippen molar-refractivity contribution in [1.29, 1.82) is 0 Å². The van der Waals surface area contributed by atoms with Crippen LogP contribution < -0.4 is 10.5 Å². The normalized spacial score (nSPS) is 12.9. The molecule has 0 amide bonds. The van der Waals surface area contributed by atoms with Crippen molar-refractivity contribution in [3.8, 4) is 5.88 Å². The SMILES string of the molecule is C=CCC(OCc1ccccc1)[C@@H](C)Oc1nc(C(=O)OC)c(N)cc1C. The first-order valence-electron chi connectivity index (χ1n) is 8.74. The van der Waals surface area contributed by atoms with Gasteiger partial charge >= 0.3 is 5.97 Å². The van der Waals surface area contributed by atoms with E-state index in [9.17, 15) is 4.79 Å². The number of hydrogen-bond donors (Lipinski definition) is 1. The number of carbonyl (C=O) groups excluding carboxylic acids is 1. The second kappa shape index (κ2) is 9.73. The Bertz CT molecular complexity index is 777. The van der Waals surface area contributed by atoms with E-state index in [1.165, 1.54) is 7.11 Å². The largest absolute Gasteiger partial charge is 0.472 e. The number of esters is 1. The number of ether oxygens (including phenoxy) is 3. The first-order chi connectivity index (χ1) is 13.0. The van der Waals surface area contributed by atoms with Crippen molar-refractivity contribution in [3.05, 3.63) is 65.9 Å². The van der Waals surface area contributed by atoms with E-state index in [-0.39, 0.29) is 23.6 Å². The minimum absolute atomic E-state index is 0.0378. The Hall–Kier alpha value is -2.86. The van der Waals surface area contributed by atoms with Crippen molar-refractivity contribution < 1.29 is 19.0 Å². The summed E-state index contributed by atoms with van der Waals surface area (Å²) >= 11 is 0. The van der Waals surface area contributed by atoms with E-state index in [2.05, 4.69) is 11.6 Å². The van der Waals surface area contributed by atoms with Crippen LogP contribution in [0.15, 0.2) is 49.1 Å². The fourth-order valence-electron chi connectivity index (χ4n) is 2.59. The Labute approximate surface area is 160 Å². The molecule has 1 aromatic carbocycles. The van der Waals surface area contributed by atoms with Crippen molar-refractivity contribution in [2.24, 2.45) is 0 Å². The third kappa shape index (κ3) is 5.56. The molecule has 0 aliphatic carbocycles. The molecule has 0 radical (unpaired) electrons. The predicted molar refractivity (Wildman–Crippen MR) is 105 cm³/mol. The van der Waals surface area contributed by atoms with E-state index in [0.717, 1.165) is 11.1 Å². The maximum Gasteiger partial charge on any atom is 0.358 e. The summed E-state index contributed by atoms with van der Waals surface area (Å²) in [6, 6.07) is 11.6. The van der Waals surface area contributed by atoms with Gasteiger partial charge in [-0.3, -0.25) is 0 Å². The van der Waals surface area contributed by atoms with Crippen LogP contribution in [0.25, 0.3) is 0 Å². The number of nitrogen functional groups attached to an aromatic ring is 1. The summed E-state index contributed by atoms with van der Waals surface area (Å²) in [5.41, 5.74) is 7.96. The molecule has 144 valence electrons. The van der Waals surface area contributed by atoms with Crippen LogP contribution in [-0.2, 0) is 16.1 Å². The molecule has 0 aliphatic rings. The number of anilines is 1. The number of rotatable bonds is 9. The van der Waals surface area contributed by atoms with E-state index in [1.807, 2.05) is 44.2 Å². The summed E-state index contributed by atoms with van der Waals surface area (Å²) in [5, 5.41) is 0. The third-order valence-corrected chi connectivity index (χ3v) is 4.10. The van der Waals surface area contributed by atoms with E-state index in [1.54, 1.807) is 12.1 Å². The third-order valence-electron chi connectivity index (χ3n) is 4.10. The van der Waals surface area contributed by atoms with E-state index in [4.69, 9.17) is 19.9 Å². The summed E-state index contributed by atoms with van der Waals surface area (Å²) in [5.74, 6) is -0.276. The number of nitrogens with two attached hydrogens (primary N) is 1. The maximum absolute atomic E-state index is 11.8. The average molecular weight is 370 g/mol. The fraction of sp³-hybridized carbons (Fsp3) is 0.333. The molecule has 0 saturated carbocycles. The van der Waals surface area contributed by atoms with Gasteiger partial charge in [0, 0.05) is 5.56 Å². The van der Waals surface area contributed by atoms with Gasteiger partial charge in [0.1, 0.15) is 6.10 Å². The maximum atomic E-state index is 11.8. The van der Waals surface area contributed by atoms with E-state index in [0.29, 0.717) is 18.9 Å². The summed E-state index contributed by atoms with van der Waals surface area (Å²) in [6.07, 6.45) is 1.87. The highest BCUT2D eigenvalue weighted by Crippen LogP contribution is 2.24. The molecular formula is C21H26N2O4. The van der Waals surface area contributed by atoms with Crippen molar-refractivity contribution in [2.45, 2.75) is 39.1 Å². The van der Waals surface area contributed by atoms with Gasteiger partial charge in [-0.15, -0.1) is 6.58 Å². The molecule has 2 rings (SSSR count). The lowest BCUT2D eigenvalue weighted by molar-refractivity contribution is -0.0273. The van der Waals surface area contributed by atoms with Gasteiger partial charge < -0.3 is 19.9 Å². The molecule has 0 fully saturated rings. The topological polar surface area (TPSA) is 83.7 Å². The van der Waals surface area contributed by atoms with Crippen LogP contribution in [0.1, 0.15) is 35.0 Å². The molecule has 1 heterocycles. The van der Waals surface area contributed by atoms with Crippen molar-refractivity contribution in [2.75, 3.05) is 12.8 Å². The van der Waals surface area contributed by atoms with Crippen molar-refractivity contribution in [3.63, 3.8) is 0 Å². The quantitative estimate of drug-likeness (QED) is 0.535. The van der Waals surface area contributed by atoms with Gasteiger partial charge in [-0.05, 0) is 31.9 Å². The van der Waals surface area contributed by atoms with Crippen LogP contribution in [0, 0.1) is 6.92 Å². The van der Waals surface area contributed by atoms with Crippen LogP contribution in [0.5, 0.6) is 5.88 Å². The van der Waals surface area contributed by atoms with Crippen LogP contribution in [0.4, 0.5) is 5.69 Å². The Balaban J connectivity index is 2.13. The lowest BCUT2D eigenvalue weighted by Gasteiger charge is -2.25. The molecule has 0 spiro atoms. The first-order valence-corrected chi connectivity index (χ1v) is 8.74. The highest BCUT2D eigenvalue weighted by atomic mass is 16.5. The summed E-state index contributed by atoms with van der Waals surface area (Å²) < 4.78 is 16.7. The number of aromatic nitrogens is 1. The Kier molecular flexibility index (Phi) is 7.37. The van der Waals surface area contributed by atoms with Crippen molar-refractivity contribution >= 4 is 11.7 Å². The molecule has 0 bridgehead atoms. The second-order valence-corrected chi connectivity index (χ2v) is 6.22. The zero-order valence-corrected chi connectivity index (χ0v) is 16.0. The lowest BCUT2D eigenvalue weighted by atomic mass is 10.1. The molecule has 6 nitrogen and oxygen atoms in total. The molecule has 2 N–H and O–H groups in total. The number of hydrogen-bond acceptors (Lipinski definition) is 6. The summed E-state index contributed by atoms with van der Waals surface area (Å²) in [4.78, 5) is 16.1. The average Bonchev–Trinajstić information content (AvgIpc) is 2.67. The number of carbonyl (C=O) groups is 1. The van der Waals surface area contributed by atoms with Crippen molar-refractivity contribution in [1.82, 2.24) is 4.98 Å². The number of nitrogens with zero attached hydrogens (tertiary/aromatic N) is 1. The summed E-state index contributed by atoms with van der Waals surface area (Å²) in [6.45, 7) is 7.98. The smallest absolute Gasteiger partial charge is 0.358 e. The number of benzene rings is 1. The zero-order valence-electron chi connectivity index (χ0n) is 16.0. The number of pyridine rings is 1. The lowest BCUT2D eigenvalue weighted by Crippen LogP contribution is -2.31. The summed E-state index contributed by atoms with van der Waals surface area (Å²) in [7, 11) is 1.28. The van der Waals surface area contributed by atoms with E-state index >= 15 is 0 Å². The van der Waals surface area contributed by atoms with Gasteiger partial charge in [-0.1, -0.05) is 36.4 Å². The monoisotopic (exact) mass is 370 g/mol. The highest BCUT2D eigenvalue weighted by molar-refractivity contribution is 5.93. The Morgan fingerprint density at radius 1 is 1.33 bits per heavy atom. The minimum atomic E-state index is -0.604. The molecule has 27 heavy (non-hydrogen) atoms. The van der Waals surface area contributed by atoms with Gasteiger partial charge in [0.15, 0.2) is 5.69 Å². The minimum Gasteiger partial charge on any atom is -0.472 e. The van der Waals surface area contributed by atoms with Gasteiger partial charge in [-0.25, -0.2) is 9.78 Å². The van der Waals surface area contributed by atoms with E-state index < -0.39 is 5.97 Å². The van der Waals surface area contributed by atoms with Crippen LogP contribution in [0.3, 0.4) is 0 Å². The Morgan fingerprint density at radius 3 is 2.67 bits per heavy atom. The molecule has 2 aromatic rings. The molecule has 2 atom stereocenters. The number of aryl methyl sites for hydroxylation is 1. The molecule has 0 saturated heterocycles. The highest BCUT2D eigenvalue weighted by Gasteiger charge is 2.22. The number of methoxy groups -OCH3 is 1. The second-order valence-electron chi connectivity index (χ2n) is 6.22. The fourth-order valence-corrected chi connectivity index (χ4v) is 2.59. The van der Waals surface area contributed by atoms with Crippen LogP contribution in [-0.4, -0.2) is 30.3 Å². The van der Waals surface area contributed by atoms with Gasteiger partial charge in [0.05, 0.1) is 25.5 Å². The van der Waals surface area contributed by atoms with Gasteiger partial charge in [-0.2, -0.15) is 0 Å². The predicted octanol–water partition coefficient (Wildman–Crippen LogP) is 3.69. The van der Waals surface area contributed by atoms with Gasteiger partial charge in [0.25, 0.3) is 0 Å². The van der Waals surface area contributed by atoms with Crippen LogP contribution in [0.2, 0.25) is 0 Å². The molecule has 1 unspecified atom stereocenters. The molecular weight excluding hydrogens is 344 g/mol.